The van der Waals surface area contributed by atoms with E-state index in [1.807, 2.05) is 56.3 Å². The molecule has 0 radical (unpaired) electrons. The van der Waals surface area contributed by atoms with Crippen LogP contribution in [0.2, 0.25) is 0 Å². The number of rotatable bonds is 6. The highest BCUT2D eigenvalue weighted by Gasteiger charge is 2.20. The van der Waals surface area contributed by atoms with Crippen LogP contribution in [0.15, 0.2) is 59.4 Å². The summed E-state index contributed by atoms with van der Waals surface area (Å²) < 4.78 is 5.85. The van der Waals surface area contributed by atoms with E-state index in [4.69, 9.17) is 4.74 Å². The largest absolute Gasteiger partial charge is 0.490 e. The van der Waals surface area contributed by atoms with Gasteiger partial charge in [-0.15, -0.1) is 0 Å². The summed E-state index contributed by atoms with van der Waals surface area (Å²) in [5, 5.41) is 0. The van der Waals surface area contributed by atoms with E-state index in [-0.39, 0.29) is 11.3 Å². The highest BCUT2D eigenvalue weighted by atomic mass is 16.5. The molecule has 154 valence electrons. The lowest BCUT2D eigenvalue weighted by Gasteiger charge is -2.31. The van der Waals surface area contributed by atoms with Crippen molar-refractivity contribution in [2.45, 2.75) is 33.2 Å². The summed E-state index contributed by atoms with van der Waals surface area (Å²) in [7, 11) is 0. The highest BCUT2D eigenvalue weighted by molar-refractivity contribution is 5.97. The summed E-state index contributed by atoms with van der Waals surface area (Å²) in [6, 6.07) is 17.9. The van der Waals surface area contributed by atoms with Crippen molar-refractivity contribution >= 4 is 11.5 Å². The van der Waals surface area contributed by atoms with Crippen molar-refractivity contribution in [1.29, 1.82) is 0 Å². The van der Waals surface area contributed by atoms with Crippen LogP contribution in [0.3, 0.4) is 0 Å². The number of fused-ring (bicyclic) bond motifs is 1. The van der Waals surface area contributed by atoms with Gasteiger partial charge in [0.15, 0.2) is 5.78 Å². The van der Waals surface area contributed by atoms with E-state index in [0.717, 1.165) is 35.8 Å². The van der Waals surface area contributed by atoms with E-state index in [1.54, 1.807) is 0 Å². The molecule has 5 nitrogen and oxygen atoms in total. The van der Waals surface area contributed by atoms with Crippen LogP contribution in [-0.4, -0.2) is 23.9 Å². The molecule has 4 rings (SSSR count). The van der Waals surface area contributed by atoms with Crippen molar-refractivity contribution in [3.63, 3.8) is 0 Å². The minimum atomic E-state index is -0.106. The molecule has 0 fully saturated rings. The Bertz CT molecular complexity index is 1120. The Labute approximate surface area is 176 Å². The first kappa shape index (κ1) is 20.0. The second-order valence-electron chi connectivity index (χ2n) is 7.80. The summed E-state index contributed by atoms with van der Waals surface area (Å²) >= 11 is 0. The van der Waals surface area contributed by atoms with Crippen LogP contribution < -0.4 is 15.2 Å². The third kappa shape index (κ3) is 4.30. The molecule has 0 saturated heterocycles. The van der Waals surface area contributed by atoms with Gasteiger partial charge in [-0.05, 0) is 55.7 Å². The van der Waals surface area contributed by atoms with Crippen LogP contribution in [0.25, 0.3) is 0 Å². The molecule has 1 aliphatic heterocycles. The number of pyridine rings is 1. The molecule has 0 spiro atoms. The van der Waals surface area contributed by atoms with E-state index in [2.05, 4.69) is 22.0 Å². The molecule has 3 aromatic rings. The zero-order valence-electron chi connectivity index (χ0n) is 17.4. The Hall–Kier alpha value is -3.34. The molecule has 0 unspecified atom stereocenters. The molecule has 0 bridgehead atoms. The number of nitrogens with one attached hydrogen (secondary N) is 1. The van der Waals surface area contributed by atoms with Gasteiger partial charge >= 0.3 is 0 Å². The van der Waals surface area contributed by atoms with Gasteiger partial charge in [-0.3, -0.25) is 9.59 Å². The molecule has 2 aromatic carbocycles. The van der Waals surface area contributed by atoms with Gasteiger partial charge in [-0.1, -0.05) is 30.3 Å². The van der Waals surface area contributed by atoms with Crippen molar-refractivity contribution < 1.29 is 9.53 Å². The van der Waals surface area contributed by atoms with Crippen molar-refractivity contribution in [3.8, 4) is 5.75 Å². The maximum Gasteiger partial charge on any atom is 0.251 e. The van der Waals surface area contributed by atoms with E-state index >= 15 is 0 Å². The topological polar surface area (TPSA) is 62.4 Å². The molecule has 30 heavy (non-hydrogen) atoms. The van der Waals surface area contributed by atoms with E-state index in [0.29, 0.717) is 30.6 Å². The molecular formula is C25H26N2O3. The number of H-pyrrole nitrogens is 1. The number of nitrogens with zero attached hydrogens (tertiary/aromatic N) is 1. The van der Waals surface area contributed by atoms with Gasteiger partial charge < -0.3 is 14.6 Å². The standard InChI is InChI=1S/C25H26N2O3/c1-17-14-18(2)26-25(29)21(17)9-11-23(28)20-8-10-22-24(15-20)30-13-12-27(22)16-19-6-4-3-5-7-19/h3-8,10,14-15H,9,11-13,16H2,1-2H3,(H,26,29). The Morgan fingerprint density at radius 3 is 2.67 bits per heavy atom. The Morgan fingerprint density at radius 2 is 1.90 bits per heavy atom. The maximum atomic E-state index is 12.8. The number of carbonyl (C=O) groups excluding carboxylic acids is 1. The Balaban J connectivity index is 1.48. The predicted octanol–water partition coefficient (Wildman–Crippen LogP) is 4.21. The first-order valence-electron chi connectivity index (χ1n) is 10.3. The number of benzene rings is 2. The molecular weight excluding hydrogens is 376 g/mol. The molecule has 0 saturated carbocycles. The van der Waals surface area contributed by atoms with Gasteiger partial charge in [-0.25, -0.2) is 0 Å². The molecule has 1 aromatic heterocycles. The Morgan fingerprint density at radius 1 is 1.10 bits per heavy atom. The van der Waals surface area contributed by atoms with Crippen LogP contribution in [0.5, 0.6) is 5.75 Å². The number of aryl methyl sites for hydroxylation is 2. The number of hydrogen-bond donors (Lipinski definition) is 1. The fraction of sp³-hybridized carbons (Fsp3) is 0.280. The lowest BCUT2D eigenvalue weighted by molar-refractivity contribution is 0.0982. The van der Waals surface area contributed by atoms with Gasteiger partial charge in [0.25, 0.3) is 5.56 Å². The predicted molar refractivity (Wildman–Crippen MR) is 119 cm³/mol. The molecule has 5 heteroatoms. The summed E-state index contributed by atoms with van der Waals surface area (Å²) in [5.74, 6) is 0.758. The fourth-order valence-electron chi connectivity index (χ4n) is 3.99. The average Bonchev–Trinajstić information content (AvgIpc) is 2.73. The van der Waals surface area contributed by atoms with Crippen LogP contribution in [0.1, 0.15) is 39.2 Å². The Kier molecular flexibility index (Phi) is 5.70. The zero-order valence-corrected chi connectivity index (χ0v) is 17.4. The third-order valence-electron chi connectivity index (χ3n) is 5.55. The van der Waals surface area contributed by atoms with E-state index in [1.165, 1.54) is 5.56 Å². The first-order chi connectivity index (χ1) is 14.5. The van der Waals surface area contributed by atoms with Crippen LogP contribution >= 0.6 is 0 Å². The highest BCUT2D eigenvalue weighted by Crippen LogP contribution is 2.33. The second-order valence-corrected chi connectivity index (χ2v) is 7.80. The van der Waals surface area contributed by atoms with Gasteiger partial charge in [-0.2, -0.15) is 0 Å². The third-order valence-corrected chi connectivity index (χ3v) is 5.55. The van der Waals surface area contributed by atoms with Gasteiger partial charge in [0.05, 0.1) is 12.2 Å². The molecule has 1 aliphatic rings. The molecule has 0 aliphatic carbocycles. The van der Waals surface area contributed by atoms with E-state index < -0.39 is 0 Å². The normalized spacial score (nSPS) is 12.9. The average molecular weight is 402 g/mol. The minimum absolute atomic E-state index is 0.0148. The van der Waals surface area contributed by atoms with E-state index in [9.17, 15) is 9.59 Å². The lowest BCUT2D eigenvalue weighted by atomic mass is 10.00. The maximum absolute atomic E-state index is 12.8. The van der Waals surface area contributed by atoms with Crippen LogP contribution in [-0.2, 0) is 13.0 Å². The fourth-order valence-corrected chi connectivity index (χ4v) is 3.99. The van der Waals surface area contributed by atoms with Crippen LogP contribution in [0.4, 0.5) is 5.69 Å². The molecule has 1 N–H and O–H groups in total. The minimum Gasteiger partial charge on any atom is -0.490 e. The van der Waals surface area contributed by atoms with Gasteiger partial charge in [0, 0.05) is 29.8 Å². The summed E-state index contributed by atoms with van der Waals surface area (Å²) in [4.78, 5) is 30.1. The van der Waals surface area contributed by atoms with Crippen molar-refractivity contribution in [3.05, 3.63) is 92.9 Å². The number of carbonyl (C=O) groups is 1. The number of ketones is 1. The van der Waals surface area contributed by atoms with Crippen molar-refractivity contribution in [1.82, 2.24) is 4.98 Å². The van der Waals surface area contributed by atoms with Crippen molar-refractivity contribution in [2.75, 3.05) is 18.1 Å². The lowest BCUT2D eigenvalue weighted by Crippen LogP contribution is -2.32. The summed E-state index contributed by atoms with van der Waals surface area (Å²) in [6.45, 7) is 5.98. The quantitative estimate of drug-likeness (QED) is 0.628. The second kappa shape index (κ2) is 8.57. The van der Waals surface area contributed by atoms with Gasteiger partial charge in [0.1, 0.15) is 12.4 Å². The van der Waals surface area contributed by atoms with Crippen LogP contribution in [0, 0.1) is 13.8 Å². The summed E-state index contributed by atoms with van der Waals surface area (Å²) in [5.41, 5.74) is 5.20. The molecule has 0 atom stereocenters. The number of Topliss-reactive ketones (excluding diaryl/α,β-unsaturated/α-hetero) is 1. The number of aromatic amines is 1. The number of ether oxygens (including phenoxy) is 1. The smallest absolute Gasteiger partial charge is 0.251 e. The van der Waals surface area contributed by atoms with Crippen molar-refractivity contribution in [2.24, 2.45) is 0 Å². The number of anilines is 1. The number of hydrogen-bond acceptors (Lipinski definition) is 4. The molecule has 2 heterocycles. The number of aromatic nitrogens is 1. The summed E-state index contributed by atoms with van der Waals surface area (Å²) in [6.07, 6.45) is 0.720. The molecule has 0 amide bonds. The monoisotopic (exact) mass is 402 g/mol. The van der Waals surface area contributed by atoms with Gasteiger partial charge in [0.2, 0.25) is 0 Å². The zero-order chi connectivity index (χ0) is 21.1. The SMILES string of the molecule is Cc1cc(C)c(CCC(=O)c2ccc3c(c2)OCCN3Cc2ccccc2)c(=O)[nH]1. The first-order valence-corrected chi connectivity index (χ1v) is 10.3.